The lowest BCUT2D eigenvalue weighted by Gasteiger charge is -2.19. The molecule has 0 spiro atoms. The van der Waals surface area contributed by atoms with Crippen molar-refractivity contribution in [2.24, 2.45) is 0 Å². The molecule has 0 aliphatic carbocycles. The first-order valence-corrected chi connectivity index (χ1v) is 23.6. The molecule has 4 rings (SSSR count). The summed E-state index contributed by atoms with van der Waals surface area (Å²) in [6.45, 7) is 0.271. The SMILES string of the molecule is O=C(CCCCCNC(=O)CCCCC1SC[C@H]2NC(=O)N[C@@H]12)NCCCCNc1cnn(C2OC(COP(=O)(O)OP(=O)(O)OP(=O)(O)O)C(O)C2O)c(=O)n1. The number of aliphatic hydroxyl groups excluding tert-OH is 2. The van der Waals surface area contributed by atoms with E-state index >= 15 is 0 Å². The molecule has 3 fully saturated rings. The Bertz CT molecular complexity index is 1740. The molecule has 0 aromatic carbocycles. The van der Waals surface area contributed by atoms with Crippen LogP contribution >= 0.6 is 35.2 Å². The van der Waals surface area contributed by atoms with Gasteiger partial charge in [-0.3, -0.25) is 14.1 Å². The fourth-order valence-electron chi connectivity index (χ4n) is 6.11. The molecule has 25 nitrogen and oxygen atoms in total. The fraction of sp³-hybridized carbons (Fsp3) is 0.786. The number of phosphoric ester groups is 1. The number of amides is 4. The van der Waals surface area contributed by atoms with Crippen LogP contribution in [0.2, 0.25) is 0 Å². The van der Waals surface area contributed by atoms with Gasteiger partial charge in [0.2, 0.25) is 11.8 Å². The van der Waals surface area contributed by atoms with Crippen LogP contribution in [0.5, 0.6) is 0 Å². The maximum Gasteiger partial charge on any atom is 0.490 e. The van der Waals surface area contributed by atoms with Crippen LogP contribution in [0.3, 0.4) is 0 Å². The number of unbranched alkanes of at least 4 members (excludes halogenated alkanes) is 4. The van der Waals surface area contributed by atoms with E-state index in [2.05, 4.69) is 49.8 Å². The Morgan fingerprint density at radius 1 is 0.877 bits per heavy atom. The van der Waals surface area contributed by atoms with Crippen LogP contribution in [-0.4, -0.2) is 130 Å². The monoisotopic (exact) mass is 894 g/mol. The van der Waals surface area contributed by atoms with Crippen LogP contribution in [0.25, 0.3) is 0 Å². The summed E-state index contributed by atoms with van der Waals surface area (Å²) in [5.74, 6) is 0.922. The number of aromatic nitrogens is 3. The number of carbonyl (C=O) groups is 3. The number of nitrogens with zero attached hydrogens (tertiary/aromatic N) is 3. The summed E-state index contributed by atoms with van der Waals surface area (Å²) in [6.07, 6.45) is 1.16. The molecule has 324 valence electrons. The largest absolute Gasteiger partial charge is 0.490 e. The second kappa shape index (κ2) is 21.6. The van der Waals surface area contributed by atoms with Crippen molar-refractivity contribution >= 4 is 58.9 Å². The number of ether oxygens (including phenoxy) is 1. The first kappa shape index (κ1) is 47.1. The third-order valence-corrected chi connectivity index (χ3v) is 14.1. The van der Waals surface area contributed by atoms with Crippen molar-refractivity contribution in [2.45, 2.75) is 106 Å². The van der Waals surface area contributed by atoms with Gasteiger partial charge in [-0.05, 0) is 38.5 Å². The number of rotatable bonds is 25. The molecular weight excluding hydrogens is 845 g/mol. The molecule has 0 saturated carbocycles. The summed E-state index contributed by atoms with van der Waals surface area (Å²) in [5, 5.41) is 39.5. The zero-order chi connectivity index (χ0) is 41.8. The molecule has 0 bridgehead atoms. The standard InChI is InChI=1S/C28H49N8O17P3S/c37-21(9-2-1-5-12-30-22(38)10-4-3-8-19-23-17(16-57-19)33-27(41)35-23)31-13-7-6-11-29-20-14-32-36(28(42)34-20)26-25(40)24(39)18(51-26)15-50-55(46,47)53-56(48,49)52-54(43,44)45/h14,17-19,23-26,39-40H,1-13,15-16H2,(H,30,38)(H,31,37)(H,46,47)(H,48,49)(H,29,34,42)(H2,33,35,41)(H2,43,44,45)/t17-,18?,19?,23-,24?,25?,26?/m1/s1. The zero-order valence-corrected chi connectivity index (χ0v) is 34.0. The van der Waals surface area contributed by atoms with E-state index in [0.29, 0.717) is 61.7 Å². The van der Waals surface area contributed by atoms with Crippen molar-refractivity contribution in [3.8, 4) is 0 Å². The average Bonchev–Trinajstić information content (AvgIpc) is 3.75. The second-order valence-electron chi connectivity index (χ2n) is 13.3. The summed E-state index contributed by atoms with van der Waals surface area (Å²) in [6, 6.07) is 0.277. The first-order chi connectivity index (χ1) is 26.8. The van der Waals surface area contributed by atoms with Gasteiger partial charge >= 0.3 is 35.2 Å². The van der Waals surface area contributed by atoms with Crippen molar-refractivity contribution in [1.29, 1.82) is 0 Å². The second-order valence-corrected chi connectivity index (χ2v) is 19.0. The van der Waals surface area contributed by atoms with Gasteiger partial charge in [-0.1, -0.05) is 12.8 Å². The zero-order valence-electron chi connectivity index (χ0n) is 30.5. The van der Waals surface area contributed by atoms with Crippen LogP contribution in [0.15, 0.2) is 11.0 Å². The summed E-state index contributed by atoms with van der Waals surface area (Å²) >= 11 is 1.86. The molecule has 9 atom stereocenters. The molecule has 11 N–H and O–H groups in total. The molecule has 3 aliphatic heterocycles. The molecule has 29 heteroatoms. The average molecular weight is 895 g/mol. The fourth-order valence-corrected chi connectivity index (χ4v) is 10.7. The van der Waals surface area contributed by atoms with Crippen molar-refractivity contribution in [3.05, 3.63) is 16.7 Å². The maximum absolute atomic E-state index is 12.6. The van der Waals surface area contributed by atoms with Crippen molar-refractivity contribution < 1.29 is 75.7 Å². The van der Waals surface area contributed by atoms with E-state index < -0.39 is 60.3 Å². The third kappa shape index (κ3) is 15.9. The highest BCUT2D eigenvalue weighted by Crippen LogP contribution is 2.66. The molecule has 0 radical (unpaired) electrons. The van der Waals surface area contributed by atoms with Gasteiger partial charge in [-0.2, -0.15) is 35.1 Å². The number of nitrogens with one attached hydrogen (secondary N) is 5. The molecule has 4 amide bonds. The van der Waals surface area contributed by atoms with Gasteiger partial charge < -0.3 is 61.1 Å². The van der Waals surface area contributed by atoms with Crippen LogP contribution < -0.4 is 32.3 Å². The van der Waals surface area contributed by atoms with Crippen LogP contribution in [0.4, 0.5) is 10.6 Å². The lowest BCUT2D eigenvalue weighted by molar-refractivity contribution is -0.122. The van der Waals surface area contributed by atoms with E-state index in [0.717, 1.165) is 44.1 Å². The number of urea groups is 1. The Balaban J connectivity index is 1.01. The van der Waals surface area contributed by atoms with Crippen molar-refractivity contribution in [1.82, 2.24) is 36.0 Å². The van der Waals surface area contributed by atoms with Gasteiger partial charge in [0.25, 0.3) is 0 Å². The minimum atomic E-state index is -5.79. The number of fused-ring (bicyclic) bond motifs is 1. The van der Waals surface area contributed by atoms with E-state index in [1.165, 1.54) is 0 Å². The van der Waals surface area contributed by atoms with Gasteiger partial charge in [-0.25, -0.2) is 23.3 Å². The number of hydrogen-bond donors (Lipinski definition) is 11. The van der Waals surface area contributed by atoms with Gasteiger partial charge in [0.1, 0.15) is 18.3 Å². The highest BCUT2D eigenvalue weighted by molar-refractivity contribution is 8.00. The summed E-state index contributed by atoms with van der Waals surface area (Å²) in [4.78, 5) is 88.2. The van der Waals surface area contributed by atoms with Crippen molar-refractivity contribution in [2.75, 3.05) is 37.3 Å². The van der Waals surface area contributed by atoms with Crippen LogP contribution in [-0.2, 0) is 41.2 Å². The number of phosphoric acid groups is 3. The molecular formula is C28H49N8O17P3S. The Labute approximate surface area is 330 Å². The molecule has 3 aliphatic rings. The quantitative estimate of drug-likeness (QED) is 0.0329. The topological polar surface area (TPSA) is 369 Å². The van der Waals surface area contributed by atoms with Gasteiger partial charge in [0, 0.05) is 43.5 Å². The maximum atomic E-state index is 12.6. The van der Waals surface area contributed by atoms with E-state index in [4.69, 9.17) is 14.5 Å². The normalized spacial score (nSPS) is 26.5. The molecule has 3 saturated heterocycles. The van der Waals surface area contributed by atoms with Crippen LogP contribution in [0.1, 0.15) is 70.4 Å². The number of hydrogen-bond acceptors (Lipinski definition) is 17. The molecule has 1 aromatic rings. The highest BCUT2D eigenvalue weighted by atomic mass is 32.2. The lowest BCUT2D eigenvalue weighted by atomic mass is 10.0. The Morgan fingerprint density at radius 2 is 1.53 bits per heavy atom. The number of anilines is 1. The van der Waals surface area contributed by atoms with Crippen LogP contribution in [0, 0.1) is 0 Å². The van der Waals surface area contributed by atoms with Gasteiger partial charge in [0.05, 0.1) is 24.9 Å². The molecule has 4 heterocycles. The van der Waals surface area contributed by atoms with Crippen molar-refractivity contribution in [3.63, 3.8) is 0 Å². The number of thioether (sulfide) groups is 1. The Hall–Kier alpha value is -2.54. The van der Waals surface area contributed by atoms with Gasteiger partial charge in [-0.15, -0.1) is 0 Å². The van der Waals surface area contributed by atoms with E-state index in [9.17, 15) is 52.9 Å². The molecule has 57 heavy (non-hydrogen) atoms. The lowest BCUT2D eigenvalue weighted by Crippen LogP contribution is -2.37. The third-order valence-electron chi connectivity index (χ3n) is 8.83. The Kier molecular flexibility index (Phi) is 17.9. The Morgan fingerprint density at radius 3 is 2.19 bits per heavy atom. The minimum absolute atomic E-state index is 0.0158. The van der Waals surface area contributed by atoms with E-state index in [1.54, 1.807) is 0 Å². The van der Waals surface area contributed by atoms with E-state index in [-0.39, 0.29) is 35.7 Å². The van der Waals surface area contributed by atoms with Gasteiger partial charge in [0.15, 0.2) is 12.0 Å². The predicted molar refractivity (Wildman–Crippen MR) is 198 cm³/mol. The number of carbonyl (C=O) groups excluding carboxylic acids is 3. The summed E-state index contributed by atoms with van der Waals surface area (Å²) in [7, 11) is -16.9. The predicted octanol–water partition coefficient (Wildman–Crippen LogP) is -0.688. The molecule has 7 unspecified atom stereocenters. The minimum Gasteiger partial charge on any atom is -0.387 e. The van der Waals surface area contributed by atoms with E-state index in [1.807, 2.05) is 11.8 Å². The summed E-state index contributed by atoms with van der Waals surface area (Å²) in [5.41, 5.74) is -1.01. The highest BCUT2D eigenvalue weighted by Gasteiger charge is 2.47. The first-order valence-electron chi connectivity index (χ1n) is 18.0. The number of aliphatic hydroxyl groups is 2. The smallest absolute Gasteiger partial charge is 0.387 e. The summed E-state index contributed by atoms with van der Waals surface area (Å²) < 4.78 is 51.7. The molecule has 1 aromatic heterocycles.